The fraction of sp³-hybridized carbons (Fsp3) is 0.571. The van der Waals surface area contributed by atoms with Crippen molar-refractivity contribution in [2.45, 2.75) is 20.3 Å². The minimum atomic E-state index is 0. The van der Waals surface area contributed by atoms with Crippen LogP contribution in [-0.2, 0) is 0 Å². The van der Waals surface area contributed by atoms with Gasteiger partial charge in [-0.1, -0.05) is 4.51 Å². The third-order valence-electron chi connectivity index (χ3n) is 0.409. The van der Waals surface area contributed by atoms with Gasteiger partial charge in [0.25, 0.3) is 0 Å². The van der Waals surface area contributed by atoms with Gasteiger partial charge in [-0.2, -0.15) is 20.3 Å². The molecule has 0 aliphatic heterocycles. The molecular formula is C7H16INU. The van der Waals surface area contributed by atoms with E-state index in [1.54, 1.807) is 6.54 Å². The van der Waals surface area contributed by atoms with Gasteiger partial charge < -0.3 is 12.2 Å². The van der Waals surface area contributed by atoms with E-state index in [0.717, 1.165) is 6.42 Å². The summed E-state index contributed by atoms with van der Waals surface area (Å²) in [4.78, 5) is 0. The van der Waals surface area contributed by atoms with Crippen LogP contribution in [0, 0.1) is 44.1 Å². The first-order valence-corrected chi connectivity index (χ1v) is 5.98. The summed E-state index contributed by atoms with van der Waals surface area (Å²) in [5.41, 5.74) is 5.08. The maximum Gasteiger partial charge on any atom is 2.00 e. The molecule has 0 saturated carbocycles. The monoisotopic (exact) mass is 479 g/mol. The molecular weight excluding hydrogens is 463 g/mol. The number of alkyl halides is 1. The molecule has 2 N–H and O–H groups in total. The molecule has 0 unspecified atom stereocenters. The van der Waals surface area contributed by atoms with Gasteiger partial charge in [0, 0.05) is 0 Å². The largest absolute Gasteiger partial charge is 2.00 e. The van der Waals surface area contributed by atoms with Crippen molar-refractivity contribution in [3.63, 3.8) is 0 Å². The van der Waals surface area contributed by atoms with Crippen LogP contribution in [0.25, 0.3) is 0 Å². The standard InChI is InChI=1S/C4H9IN.C3H7.U/c1-5-3-2-4-6;1-3-2;/h4H,1-3,6H2;3H,1-2H3;/q2*-1;+2. The summed E-state index contributed by atoms with van der Waals surface area (Å²) >= 11 is 0.240. The molecule has 0 bridgehead atoms. The summed E-state index contributed by atoms with van der Waals surface area (Å²) in [6.45, 7) is 5.70. The summed E-state index contributed by atoms with van der Waals surface area (Å²) in [7, 11) is 0. The Labute approximate surface area is 98.7 Å². The molecule has 0 atom stereocenters. The molecule has 0 aliphatic rings. The topological polar surface area (TPSA) is 26.0 Å². The first kappa shape index (κ1) is 17.6. The van der Waals surface area contributed by atoms with E-state index in [2.05, 4.69) is 4.51 Å². The Morgan fingerprint density at radius 2 is 1.90 bits per heavy atom. The van der Waals surface area contributed by atoms with Crippen molar-refractivity contribution < 1.29 is 31.1 Å². The van der Waals surface area contributed by atoms with Crippen LogP contribution in [-0.4, -0.2) is 8.94 Å². The van der Waals surface area contributed by atoms with Crippen LogP contribution in [0.3, 0.4) is 0 Å². The van der Waals surface area contributed by atoms with Gasteiger partial charge in [0.15, 0.2) is 0 Å². The Balaban J connectivity index is -0.000000107. The van der Waals surface area contributed by atoms with Crippen LogP contribution < -0.4 is 5.73 Å². The van der Waals surface area contributed by atoms with Crippen molar-refractivity contribution in [1.29, 1.82) is 0 Å². The Hall–Kier alpha value is 1.61. The molecule has 0 saturated heterocycles. The van der Waals surface area contributed by atoms with Gasteiger partial charge in [0.2, 0.25) is 0 Å². The number of halogens is 1. The zero-order valence-corrected chi connectivity index (χ0v) is 13.1. The Morgan fingerprint density at radius 1 is 1.50 bits per heavy atom. The predicted octanol–water partition coefficient (Wildman–Crippen LogP) is 2.13. The van der Waals surface area contributed by atoms with Crippen molar-refractivity contribution in [3.8, 4) is 0 Å². The number of hydrogen-bond acceptors (Lipinski definition) is 1. The Kier molecular flexibility index (Phi) is 39.5. The normalized spacial score (nSPS) is 7.10. The van der Waals surface area contributed by atoms with Gasteiger partial charge in [-0.25, -0.2) is 0 Å². The summed E-state index contributed by atoms with van der Waals surface area (Å²) < 4.78 is 4.99. The molecule has 0 aromatic heterocycles. The van der Waals surface area contributed by atoms with Crippen LogP contribution in [0.2, 0.25) is 0 Å². The second-order valence-corrected chi connectivity index (χ2v) is 3.64. The number of hydrogen-bond donors (Lipinski definition) is 1. The zero-order valence-electron chi connectivity index (χ0n) is 6.73. The number of rotatable bonds is 3. The quantitative estimate of drug-likeness (QED) is 0.286. The van der Waals surface area contributed by atoms with Crippen molar-refractivity contribution in [2.75, 3.05) is 4.43 Å². The van der Waals surface area contributed by atoms with Crippen LogP contribution in [0.4, 0.5) is 0 Å². The average molecular weight is 479 g/mol. The molecule has 0 aromatic rings. The molecule has 0 amide bonds. The maximum absolute atomic E-state index is 5.08. The second kappa shape index (κ2) is 22.4. The minimum Gasteiger partial charge on any atom is -0.483 e. The van der Waals surface area contributed by atoms with E-state index in [4.69, 9.17) is 5.73 Å². The molecule has 0 spiro atoms. The number of nitrogens with two attached hydrogens (primary N) is 1. The third-order valence-corrected chi connectivity index (χ3v) is 1.80. The second-order valence-electron chi connectivity index (χ2n) is 1.48. The fourth-order valence-electron chi connectivity index (χ4n) is 0.140. The molecule has 10 heavy (non-hydrogen) atoms. The van der Waals surface area contributed by atoms with Crippen molar-refractivity contribution in [2.24, 2.45) is 5.73 Å². The van der Waals surface area contributed by atoms with Crippen molar-refractivity contribution in [3.05, 3.63) is 13.0 Å². The van der Waals surface area contributed by atoms with Gasteiger partial charge in [0.05, 0.1) is 0 Å². The van der Waals surface area contributed by atoms with Gasteiger partial charge in [-0.05, 0) is 4.43 Å². The van der Waals surface area contributed by atoms with Gasteiger partial charge in [-0.3, -0.25) is 6.54 Å². The Morgan fingerprint density at radius 3 is 2.00 bits per heavy atom. The van der Waals surface area contributed by atoms with E-state index in [9.17, 15) is 0 Å². The van der Waals surface area contributed by atoms with Crippen LogP contribution in [0.5, 0.6) is 0 Å². The molecule has 0 heterocycles. The van der Waals surface area contributed by atoms with E-state index in [0.29, 0.717) is 0 Å². The van der Waals surface area contributed by atoms with Gasteiger partial charge in [0.1, 0.15) is 0 Å². The van der Waals surface area contributed by atoms with E-state index >= 15 is 0 Å². The summed E-state index contributed by atoms with van der Waals surface area (Å²) in [6, 6.07) is 0. The predicted molar refractivity (Wildman–Crippen MR) is 54.8 cm³/mol. The molecule has 60 valence electrons. The fourth-order valence-corrected chi connectivity index (χ4v) is 0.940. The zero-order chi connectivity index (χ0) is 7.54. The third kappa shape index (κ3) is 33.5. The van der Waals surface area contributed by atoms with E-state index in [-0.39, 0.29) is 51.8 Å². The average Bonchev–Trinajstić information content (AvgIpc) is 1.86. The van der Waals surface area contributed by atoms with Gasteiger partial charge >= 0.3 is 31.1 Å². The summed E-state index contributed by atoms with van der Waals surface area (Å²) in [5.74, 6) is 0. The van der Waals surface area contributed by atoms with Crippen LogP contribution in [0.15, 0.2) is 0 Å². The molecule has 0 aromatic carbocycles. The van der Waals surface area contributed by atoms with Crippen molar-refractivity contribution >= 4 is 25.2 Å². The summed E-state index contributed by atoms with van der Waals surface area (Å²) in [6.07, 6.45) is 3.05. The molecule has 0 rings (SSSR count). The molecule has 3 heteroatoms. The smallest absolute Gasteiger partial charge is 0.483 e. The van der Waals surface area contributed by atoms with Crippen LogP contribution in [0.1, 0.15) is 20.3 Å². The molecule has 0 fully saturated rings. The Bertz CT molecular complexity index is 50.9. The maximum atomic E-state index is 5.08. The van der Waals surface area contributed by atoms with E-state index < -0.39 is 0 Å². The summed E-state index contributed by atoms with van der Waals surface area (Å²) in [5, 5.41) is 0. The first-order chi connectivity index (χ1) is 4.33. The van der Waals surface area contributed by atoms with Gasteiger partial charge in [-0.15, -0.1) is 20.7 Å². The minimum absolute atomic E-state index is 0. The molecule has 1 nitrogen and oxygen atoms in total. The van der Waals surface area contributed by atoms with Crippen molar-refractivity contribution in [1.82, 2.24) is 0 Å². The molecule has 0 radical (unpaired) electrons. The SMILES string of the molecule is C=ICC[CH-]N.C[CH-]C.[U+2]. The van der Waals surface area contributed by atoms with Crippen LogP contribution >= 0.6 is 20.7 Å². The first-order valence-electron chi connectivity index (χ1n) is 2.93. The molecule has 0 aliphatic carbocycles. The van der Waals surface area contributed by atoms with E-state index in [1.807, 2.05) is 20.3 Å². The van der Waals surface area contributed by atoms with E-state index in [1.165, 1.54) is 4.43 Å².